The molecule has 0 saturated heterocycles. The molecule has 2 rings (SSSR count). The second-order valence-corrected chi connectivity index (χ2v) is 6.21. The van der Waals surface area contributed by atoms with E-state index in [1.54, 1.807) is 6.92 Å². The van der Waals surface area contributed by atoms with E-state index >= 15 is 0 Å². The third kappa shape index (κ3) is 4.26. The molecule has 100 valence electrons. The molecule has 1 aliphatic carbocycles. The average molecular weight is 314 g/mol. The van der Waals surface area contributed by atoms with Crippen molar-refractivity contribution in [1.82, 2.24) is 5.32 Å². The number of halogens is 1. The Morgan fingerprint density at radius 1 is 1.50 bits per heavy atom. The monoisotopic (exact) mass is 313 g/mol. The van der Waals surface area contributed by atoms with Crippen LogP contribution in [0, 0.1) is 6.92 Å². The second-order valence-electron chi connectivity index (χ2n) is 5.35. The van der Waals surface area contributed by atoms with Crippen molar-refractivity contribution in [2.45, 2.75) is 38.3 Å². The standard InChI is InChI=1S/C14H20BrNO2/c1-10-7-12(5-6-13(10)15)18-9-14(2,17)8-16-11-3-4-11/h5-7,11,16-17H,3-4,8-9H2,1-2H3. The summed E-state index contributed by atoms with van der Waals surface area (Å²) in [6.07, 6.45) is 2.45. The van der Waals surface area contributed by atoms with Crippen LogP contribution < -0.4 is 10.1 Å². The third-order valence-electron chi connectivity index (χ3n) is 3.03. The van der Waals surface area contributed by atoms with E-state index in [1.165, 1.54) is 12.8 Å². The van der Waals surface area contributed by atoms with Crippen LogP contribution in [0.15, 0.2) is 22.7 Å². The first kappa shape index (κ1) is 13.8. The van der Waals surface area contributed by atoms with Crippen LogP contribution in [0.5, 0.6) is 5.75 Å². The van der Waals surface area contributed by atoms with Gasteiger partial charge in [0, 0.05) is 17.1 Å². The van der Waals surface area contributed by atoms with E-state index < -0.39 is 5.60 Å². The first-order chi connectivity index (χ1) is 8.46. The maximum atomic E-state index is 10.2. The number of rotatable bonds is 6. The van der Waals surface area contributed by atoms with Crippen molar-refractivity contribution in [3.63, 3.8) is 0 Å². The Balaban J connectivity index is 1.82. The molecule has 0 aromatic heterocycles. The molecule has 1 atom stereocenters. The minimum absolute atomic E-state index is 0.299. The molecule has 0 radical (unpaired) electrons. The fourth-order valence-electron chi connectivity index (χ4n) is 1.65. The molecule has 4 heteroatoms. The summed E-state index contributed by atoms with van der Waals surface area (Å²) in [5, 5.41) is 13.5. The zero-order valence-electron chi connectivity index (χ0n) is 10.9. The van der Waals surface area contributed by atoms with E-state index in [9.17, 15) is 5.11 Å². The molecule has 1 fully saturated rings. The van der Waals surface area contributed by atoms with Gasteiger partial charge in [-0.25, -0.2) is 0 Å². The number of hydrogen-bond acceptors (Lipinski definition) is 3. The first-order valence-corrected chi connectivity index (χ1v) is 7.10. The van der Waals surface area contributed by atoms with Crippen molar-refractivity contribution >= 4 is 15.9 Å². The highest BCUT2D eigenvalue weighted by molar-refractivity contribution is 9.10. The van der Waals surface area contributed by atoms with Crippen LogP contribution in [-0.4, -0.2) is 29.9 Å². The molecule has 1 aromatic rings. The number of aryl methyl sites for hydroxylation is 1. The van der Waals surface area contributed by atoms with Crippen LogP contribution in [0.2, 0.25) is 0 Å². The van der Waals surface area contributed by atoms with Gasteiger partial charge in [-0.15, -0.1) is 0 Å². The van der Waals surface area contributed by atoms with Gasteiger partial charge in [-0.1, -0.05) is 15.9 Å². The van der Waals surface area contributed by atoms with Crippen LogP contribution in [-0.2, 0) is 0 Å². The van der Waals surface area contributed by atoms with E-state index in [2.05, 4.69) is 21.2 Å². The van der Waals surface area contributed by atoms with Crippen molar-refractivity contribution in [3.8, 4) is 5.75 Å². The van der Waals surface area contributed by atoms with Crippen LogP contribution in [0.25, 0.3) is 0 Å². The lowest BCUT2D eigenvalue weighted by molar-refractivity contribution is 0.0120. The zero-order chi connectivity index (χ0) is 13.2. The van der Waals surface area contributed by atoms with Crippen LogP contribution in [0.1, 0.15) is 25.3 Å². The lowest BCUT2D eigenvalue weighted by atomic mass is 10.1. The van der Waals surface area contributed by atoms with E-state index in [0.717, 1.165) is 15.8 Å². The predicted molar refractivity (Wildman–Crippen MR) is 76.0 cm³/mol. The molecular weight excluding hydrogens is 294 g/mol. The molecule has 0 amide bonds. The summed E-state index contributed by atoms with van der Waals surface area (Å²) in [6.45, 7) is 4.69. The van der Waals surface area contributed by atoms with Crippen molar-refractivity contribution in [2.24, 2.45) is 0 Å². The van der Waals surface area contributed by atoms with Gasteiger partial charge < -0.3 is 15.2 Å². The SMILES string of the molecule is Cc1cc(OCC(C)(O)CNC2CC2)ccc1Br. The van der Waals surface area contributed by atoms with Gasteiger partial charge >= 0.3 is 0 Å². The van der Waals surface area contributed by atoms with Gasteiger partial charge in [-0.2, -0.15) is 0 Å². The van der Waals surface area contributed by atoms with E-state index in [0.29, 0.717) is 19.2 Å². The molecule has 18 heavy (non-hydrogen) atoms. The van der Waals surface area contributed by atoms with Crippen LogP contribution >= 0.6 is 15.9 Å². The van der Waals surface area contributed by atoms with Gasteiger partial charge in [0.15, 0.2) is 0 Å². The third-order valence-corrected chi connectivity index (χ3v) is 3.92. The average Bonchev–Trinajstić information content (AvgIpc) is 3.12. The van der Waals surface area contributed by atoms with Gasteiger partial charge in [0.2, 0.25) is 0 Å². The van der Waals surface area contributed by atoms with Crippen molar-refractivity contribution < 1.29 is 9.84 Å². The van der Waals surface area contributed by atoms with Gasteiger partial charge in [0.05, 0.1) is 0 Å². The normalized spacial score (nSPS) is 18.4. The molecular formula is C14H20BrNO2. The number of hydrogen-bond donors (Lipinski definition) is 2. The fraction of sp³-hybridized carbons (Fsp3) is 0.571. The summed E-state index contributed by atoms with van der Waals surface area (Å²) in [5.41, 5.74) is 0.298. The Bertz CT molecular complexity index is 416. The smallest absolute Gasteiger partial charge is 0.119 e. The number of nitrogens with one attached hydrogen (secondary N) is 1. The highest BCUT2D eigenvalue weighted by Crippen LogP contribution is 2.23. The van der Waals surface area contributed by atoms with E-state index in [4.69, 9.17) is 4.74 Å². The summed E-state index contributed by atoms with van der Waals surface area (Å²) in [4.78, 5) is 0. The summed E-state index contributed by atoms with van der Waals surface area (Å²) in [6, 6.07) is 6.43. The molecule has 0 bridgehead atoms. The van der Waals surface area contributed by atoms with Crippen LogP contribution in [0.3, 0.4) is 0 Å². The Kier molecular flexibility index (Phi) is 4.30. The zero-order valence-corrected chi connectivity index (χ0v) is 12.5. The highest BCUT2D eigenvalue weighted by atomic mass is 79.9. The molecule has 1 saturated carbocycles. The second kappa shape index (κ2) is 5.59. The maximum absolute atomic E-state index is 10.2. The molecule has 0 heterocycles. The highest BCUT2D eigenvalue weighted by Gasteiger charge is 2.27. The van der Waals surface area contributed by atoms with Crippen molar-refractivity contribution in [2.75, 3.05) is 13.2 Å². The van der Waals surface area contributed by atoms with E-state index in [-0.39, 0.29) is 0 Å². The topological polar surface area (TPSA) is 41.5 Å². The number of aliphatic hydroxyl groups is 1. The Morgan fingerprint density at radius 3 is 2.83 bits per heavy atom. The molecule has 3 nitrogen and oxygen atoms in total. The summed E-state index contributed by atoms with van der Waals surface area (Å²) in [5.74, 6) is 0.794. The van der Waals surface area contributed by atoms with E-state index in [1.807, 2.05) is 25.1 Å². The number of benzene rings is 1. The lowest BCUT2D eigenvalue weighted by Crippen LogP contribution is -2.43. The maximum Gasteiger partial charge on any atom is 0.119 e. The quantitative estimate of drug-likeness (QED) is 0.848. The van der Waals surface area contributed by atoms with Crippen molar-refractivity contribution in [1.29, 1.82) is 0 Å². The molecule has 0 spiro atoms. The number of ether oxygens (including phenoxy) is 1. The largest absolute Gasteiger partial charge is 0.491 e. The summed E-state index contributed by atoms with van der Waals surface area (Å²) >= 11 is 3.45. The molecule has 1 aliphatic rings. The lowest BCUT2D eigenvalue weighted by Gasteiger charge is -2.24. The van der Waals surface area contributed by atoms with Gasteiger partial charge in [0.25, 0.3) is 0 Å². The molecule has 2 N–H and O–H groups in total. The molecule has 1 aromatic carbocycles. The predicted octanol–water partition coefficient (Wildman–Crippen LogP) is 2.64. The van der Waals surface area contributed by atoms with Gasteiger partial charge in [0.1, 0.15) is 18.0 Å². The first-order valence-electron chi connectivity index (χ1n) is 6.31. The fourth-order valence-corrected chi connectivity index (χ4v) is 1.90. The molecule has 0 aliphatic heterocycles. The summed E-state index contributed by atoms with van der Waals surface area (Å²) < 4.78 is 6.72. The minimum atomic E-state index is -0.830. The molecule has 1 unspecified atom stereocenters. The van der Waals surface area contributed by atoms with Gasteiger partial charge in [-0.05, 0) is 50.5 Å². The van der Waals surface area contributed by atoms with Crippen molar-refractivity contribution in [3.05, 3.63) is 28.2 Å². The van der Waals surface area contributed by atoms with Crippen LogP contribution in [0.4, 0.5) is 0 Å². The Morgan fingerprint density at radius 2 is 2.22 bits per heavy atom. The Hall–Kier alpha value is -0.580. The summed E-state index contributed by atoms with van der Waals surface area (Å²) in [7, 11) is 0. The Labute approximate surface area is 117 Å². The van der Waals surface area contributed by atoms with Gasteiger partial charge in [-0.3, -0.25) is 0 Å². The minimum Gasteiger partial charge on any atom is -0.491 e.